The molecule has 1 aliphatic rings. The Morgan fingerprint density at radius 1 is 1.33 bits per heavy atom. The number of nitrogens with one attached hydrogen (secondary N) is 1. The van der Waals surface area contributed by atoms with Crippen molar-refractivity contribution < 1.29 is 17.5 Å². The van der Waals surface area contributed by atoms with Crippen LogP contribution in [0.1, 0.15) is 17.6 Å². The third-order valence-corrected chi connectivity index (χ3v) is 6.09. The first-order chi connectivity index (χ1) is 11.5. The number of nitrogens with zero attached hydrogens (tertiary/aromatic N) is 3. The standard InChI is InChI=1S/C15H19FN4O3S/c1-10-17-15(19-18-10)14-9-20(8-11(14)7-16)24(21,22)13-5-3-12(23-2)4-6-13/h3-6,11,14H,7-9H2,1-2H3,(H,17,18,19)/t11-,14-/m1/s1. The molecule has 2 atom stereocenters. The molecule has 1 aromatic carbocycles. The monoisotopic (exact) mass is 354 g/mol. The van der Waals surface area contributed by atoms with Crippen molar-refractivity contribution in [3.63, 3.8) is 0 Å². The van der Waals surface area contributed by atoms with Crippen molar-refractivity contribution in [3.8, 4) is 5.75 Å². The predicted octanol–water partition coefficient (Wildman–Crippen LogP) is 1.50. The lowest BCUT2D eigenvalue weighted by Gasteiger charge is -2.16. The molecule has 0 aliphatic carbocycles. The van der Waals surface area contributed by atoms with E-state index in [0.717, 1.165) is 0 Å². The summed E-state index contributed by atoms with van der Waals surface area (Å²) in [5.41, 5.74) is 0. The number of aromatic amines is 1. The van der Waals surface area contributed by atoms with Crippen LogP contribution in [0.3, 0.4) is 0 Å². The maximum absolute atomic E-state index is 13.4. The largest absolute Gasteiger partial charge is 0.497 e. The average molecular weight is 354 g/mol. The molecule has 0 spiro atoms. The number of alkyl halides is 1. The zero-order valence-electron chi connectivity index (χ0n) is 13.4. The van der Waals surface area contributed by atoms with E-state index in [9.17, 15) is 12.8 Å². The van der Waals surface area contributed by atoms with Gasteiger partial charge in [-0.2, -0.15) is 9.40 Å². The van der Waals surface area contributed by atoms with Gasteiger partial charge < -0.3 is 4.74 Å². The van der Waals surface area contributed by atoms with E-state index in [1.807, 2.05) is 0 Å². The number of sulfonamides is 1. The summed E-state index contributed by atoms with van der Waals surface area (Å²) < 4.78 is 45.3. The van der Waals surface area contributed by atoms with Crippen LogP contribution < -0.4 is 4.74 Å². The molecule has 1 fully saturated rings. The molecule has 0 amide bonds. The normalized spacial score (nSPS) is 22.0. The van der Waals surface area contributed by atoms with Gasteiger partial charge in [0.25, 0.3) is 0 Å². The van der Waals surface area contributed by atoms with Crippen LogP contribution in [-0.4, -0.2) is 54.8 Å². The topological polar surface area (TPSA) is 88.2 Å². The van der Waals surface area contributed by atoms with E-state index in [2.05, 4.69) is 15.2 Å². The number of ether oxygens (including phenoxy) is 1. The first-order valence-electron chi connectivity index (χ1n) is 7.54. The molecule has 1 aliphatic heterocycles. The highest BCUT2D eigenvalue weighted by molar-refractivity contribution is 7.89. The molecule has 0 unspecified atom stereocenters. The number of aromatic nitrogens is 3. The highest BCUT2D eigenvalue weighted by Gasteiger charge is 2.41. The van der Waals surface area contributed by atoms with Crippen LogP contribution in [0.4, 0.5) is 4.39 Å². The van der Waals surface area contributed by atoms with Gasteiger partial charge in [-0.25, -0.2) is 13.4 Å². The fraction of sp³-hybridized carbons (Fsp3) is 0.467. The lowest BCUT2D eigenvalue weighted by molar-refractivity contribution is 0.346. The molecule has 0 radical (unpaired) electrons. The number of benzene rings is 1. The molecular weight excluding hydrogens is 335 g/mol. The smallest absolute Gasteiger partial charge is 0.243 e. The van der Waals surface area contributed by atoms with Gasteiger partial charge >= 0.3 is 0 Å². The summed E-state index contributed by atoms with van der Waals surface area (Å²) in [6, 6.07) is 6.16. The van der Waals surface area contributed by atoms with Crippen molar-refractivity contribution in [2.24, 2.45) is 5.92 Å². The summed E-state index contributed by atoms with van der Waals surface area (Å²) in [4.78, 5) is 4.39. The Labute approximate surface area is 139 Å². The second-order valence-corrected chi connectivity index (χ2v) is 7.74. The van der Waals surface area contributed by atoms with Gasteiger partial charge in [-0.3, -0.25) is 9.49 Å². The third kappa shape index (κ3) is 3.01. The Morgan fingerprint density at radius 2 is 2.04 bits per heavy atom. The van der Waals surface area contributed by atoms with Gasteiger partial charge in [0.15, 0.2) is 5.82 Å². The minimum absolute atomic E-state index is 0.114. The number of H-pyrrole nitrogens is 1. The highest BCUT2D eigenvalue weighted by Crippen LogP contribution is 2.34. The van der Waals surface area contributed by atoms with E-state index in [1.54, 1.807) is 19.1 Å². The molecule has 2 aromatic rings. The molecule has 24 heavy (non-hydrogen) atoms. The fourth-order valence-electron chi connectivity index (χ4n) is 2.90. The van der Waals surface area contributed by atoms with Gasteiger partial charge in [0.2, 0.25) is 10.0 Å². The lowest BCUT2D eigenvalue weighted by Crippen LogP contribution is -2.29. The molecule has 0 bridgehead atoms. The molecule has 1 aromatic heterocycles. The fourth-order valence-corrected chi connectivity index (χ4v) is 4.42. The number of hydrogen-bond acceptors (Lipinski definition) is 5. The van der Waals surface area contributed by atoms with Crippen LogP contribution >= 0.6 is 0 Å². The Balaban J connectivity index is 1.86. The summed E-state index contributed by atoms with van der Waals surface area (Å²) in [7, 11) is -2.18. The Bertz CT molecular complexity index is 806. The average Bonchev–Trinajstić information content (AvgIpc) is 3.21. The second-order valence-electron chi connectivity index (χ2n) is 5.80. The molecule has 7 nitrogen and oxygen atoms in total. The number of halogens is 1. The van der Waals surface area contributed by atoms with Gasteiger partial charge in [0, 0.05) is 24.9 Å². The summed E-state index contributed by atoms with van der Waals surface area (Å²) in [5, 5.41) is 6.79. The van der Waals surface area contributed by atoms with Crippen LogP contribution in [-0.2, 0) is 10.0 Å². The van der Waals surface area contributed by atoms with Gasteiger partial charge in [-0.15, -0.1) is 0 Å². The Morgan fingerprint density at radius 3 is 2.58 bits per heavy atom. The molecule has 3 rings (SSSR count). The Hall–Kier alpha value is -2.00. The van der Waals surface area contributed by atoms with E-state index in [-0.39, 0.29) is 23.9 Å². The minimum Gasteiger partial charge on any atom is -0.497 e. The number of methoxy groups -OCH3 is 1. The van der Waals surface area contributed by atoms with Crippen molar-refractivity contribution in [3.05, 3.63) is 35.9 Å². The third-order valence-electron chi connectivity index (χ3n) is 4.25. The number of rotatable bonds is 5. The van der Waals surface area contributed by atoms with Crippen molar-refractivity contribution in [2.75, 3.05) is 26.9 Å². The Kier molecular flexibility index (Phi) is 4.55. The van der Waals surface area contributed by atoms with Gasteiger partial charge in [-0.05, 0) is 31.2 Å². The van der Waals surface area contributed by atoms with Crippen molar-refractivity contribution >= 4 is 10.0 Å². The lowest BCUT2D eigenvalue weighted by atomic mass is 9.97. The van der Waals surface area contributed by atoms with E-state index in [4.69, 9.17) is 4.74 Å². The molecule has 1 N–H and O–H groups in total. The predicted molar refractivity (Wildman–Crippen MR) is 85.1 cm³/mol. The van der Waals surface area contributed by atoms with Gasteiger partial charge in [0.1, 0.15) is 11.6 Å². The number of aryl methyl sites for hydroxylation is 1. The van der Waals surface area contributed by atoms with Crippen LogP contribution in [0, 0.1) is 12.8 Å². The summed E-state index contributed by atoms with van der Waals surface area (Å²) in [5.74, 6) is 0.855. The van der Waals surface area contributed by atoms with E-state index < -0.39 is 22.6 Å². The van der Waals surface area contributed by atoms with Crippen molar-refractivity contribution in [2.45, 2.75) is 17.7 Å². The zero-order valence-corrected chi connectivity index (χ0v) is 14.3. The number of hydrogen-bond donors (Lipinski definition) is 1. The molecule has 1 saturated heterocycles. The van der Waals surface area contributed by atoms with Crippen molar-refractivity contribution in [1.82, 2.24) is 19.5 Å². The maximum Gasteiger partial charge on any atom is 0.243 e. The highest BCUT2D eigenvalue weighted by atomic mass is 32.2. The van der Waals surface area contributed by atoms with E-state index in [1.165, 1.54) is 23.5 Å². The van der Waals surface area contributed by atoms with Crippen molar-refractivity contribution in [1.29, 1.82) is 0 Å². The SMILES string of the molecule is COc1ccc(S(=O)(=O)N2C[C@@H](CF)[C@H](c3n[nH]c(C)n3)C2)cc1. The molecule has 130 valence electrons. The maximum atomic E-state index is 13.4. The quantitative estimate of drug-likeness (QED) is 0.879. The second kappa shape index (κ2) is 6.48. The minimum atomic E-state index is -3.70. The molecular formula is C15H19FN4O3S. The summed E-state index contributed by atoms with van der Waals surface area (Å²) in [6.07, 6.45) is 0. The zero-order chi connectivity index (χ0) is 17.3. The van der Waals surface area contributed by atoms with E-state index >= 15 is 0 Å². The van der Waals surface area contributed by atoms with Crippen LogP contribution in [0.2, 0.25) is 0 Å². The first kappa shape index (κ1) is 16.8. The molecule has 2 heterocycles. The van der Waals surface area contributed by atoms with Crippen LogP contribution in [0.15, 0.2) is 29.2 Å². The van der Waals surface area contributed by atoms with Gasteiger partial charge in [-0.1, -0.05) is 0 Å². The van der Waals surface area contributed by atoms with Crippen LogP contribution in [0.25, 0.3) is 0 Å². The summed E-state index contributed by atoms with van der Waals surface area (Å²) >= 11 is 0. The van der Waals surface area contributed by atoms with Gasteiger partial charge in [0.05, 0.1) is 18.7 Å². The first-order valence-corrected chi connectivity index (χ1v) is 8.98. The van der Waals surface area contributed by atoms with E-state index in [0.29, 0.717) is 17.4 Å². The van der Waals surface area contributed by atoms with Crippen LogP contribution in [0.5, 0.6) is 5.75 Å². The molecule has 0 saturated carbocycles. The molecule has 9 heteroatoms. The summed E-state index contributed by atoms with van der Waals surface area (Å²) in [6.45, 7) is 1.41.